The zero-order valence-corrected chi connectivity index (χ0v) is 16.7. The topological polar surface area (TPSA) is 61.9 Å². The van der Waals surface area contributed by atoms with Crippen LogP contribution >= 0.6 is 0 Å². The predicted molar refractivity (Wildman–Crippen MR) is 111 cm³/mol. The van der Waals surface area contributed by atoms with Crippen LogP contribution in [-0.2, 0) is 4.74 Å². The SMILES string of the molecule is CCOC(=O)c1ccccc1NC(=O)N1CCN(c2c(C)cccc2C)CC1. The second-order valence-corrected chi connectivity index (χ2v) is 6.91. The molecule has 28 heavy (non-hydrogen) atoms. The van der Waals surface area contributed by atoms with Crippen molar-refractivity contribution < 1.29 is 14.3 Å². The molecule has 1 aliphatic rings. The number of anilines is 2. The maximum atomic E-state index is 12.7. The van der Waals surface area contributed by atoms with Gasteiger partial charge in [0, 0.05) is 31.9 Å². The molecule has 0 atom stereocenters. The third kappa shape index (κ3) is 4.27. The summed E-state index contributed by atoms with van der Waals surface area (Å²) in [5, 5.41) is 2.86. The number of benzene rings is 2. The number of nitrogens with one attached hydrogen (secondary N) is 1. The Balaban J connectivity index is 1.64. The number of carbonyl (C=O) groups is 2. The summed E-state index contributed by atoms with van der Waals surface area (Å²) in [7, 11) is 0. The Morgan fingerprint density at radius 3 is 2.25 bits per heavy atom. The largest absolute Gasteiger partial charge is 0.462 e. The lowest BCUT2D eigenvalue weighted by molar-refractivity contribution is 0.0527. The molecular formula is C22H27N3O3. The molecule has 148 valence electrons. The Bertz CT molecular complexity index is 838. The Morgan fingerprint density at radius 1 is 0.964 bits per heavy atom. The fourth-order valence-corrected chi connectivity index (χ4v) is 3.61. The van der Waals surface area contributed by atoms with Gasteiger partial charge in [-0.3, -0.25) is 0 Å². The number of carbonyl (C=O) groups excluding carboxylic acids is 2. The summed E-state index contributed by atoms with van der Waals surface area (Å²) in [6.45, 7) is 9.09. The molecule has 2 aromatic rings. The number of para-hydroxylation sites is 2. The van der Waals surface area contributed by atoms with Crippen molar-refractivity contribution >= 4 is 23.4 Å². The van der Waals surface area contributed by atoms with Crippen molar-refractivity contribution in [2.75, 3.05) is 43.0 Å². The lowest BCUT2D eigenvalue weighted by Gasteiger charge is -2.37. The third-order valence-corrected chi connectivity index (χ3v) is 4.99. The van der Waals surface area contributed by atoms with E-state index in [4.69, 9.17) is 4.74 Å². The van der Waals surface area contributed by atoms with E-state index in [0.717, 1.165) is 13.1 Å². The molecule has 0 aliphatic carbocycles. The second kappa shape index (κ2) is 8.78. The average Bonchev–Trinajstić information content (AvgIpc) is 2.69. The number of amides is 2. The van der Waals surface area contributed by atoms with E-state index in [1.54, 1.807) is 36.1 Å². The summed E-state index contributed by atoms with van der Waals surface area (Å²) >= 11 is 0. The van der Waals surface area contributed by atoms with Gasteiger partial charge in [-0.2, -0.15) is 0 Å². The number of esters is 1. The smallest absolute Gasteiger partial charge is 0.340 e. The van der Waals surface area contributed by atoms with E-state index < -0.39 is 5.97 Å². The van der Waals surface area contributed by atoms with Crippen LogP contribution in [0.15, 0.2) is 42.5 Å². The molecule has 6 heteroatoms. The van der Waals surface area contributed by atoms with Gasteiger partial charge in [0.2, 0.25) is 0 Å². The van der Waals surface area contributed by atoms with E-state index in [1.165, 1.54) is 16.8 Å². The minimum Gasteiger partial charge on any atom is -0.462 e. The van der Waals surface area contributed by atoms with Gasteiger partial charge in [-0.15, -0.1) is 0 Å². The van der Waals surface area contributed by atoms with E-state index in [1.807, 2.05) is 0 Å². The van der Waals surface area contributed by atoms with Crippen LogP contribution in [0.4, 0.5) is 16.2 Å². The highest BCUT2D eigenvalue weighted by atomic mass is 16.5. The number of nitrogens with zero attached hydrogens (tertiary/aromatic N) is 2. The Morgan fingerprint density at radius 2 is 1.61 bits per heavy atom. The summed E-state index contributed by atoms with van der Waals surface area (Å²) < 4.78 is 5.07. The molecule has 0 unspecified atom stereocenters. The highest BCUT2D eigenvalue weighted by molar-refractivity contribution is 6.00. The summed E-state index contributed by atoms with van der Waals surface area (Å²) in [5.41, 5.74) is 4.60. The summed E-state index contributed by atoms with van der Waals surface area (Å²) in [6.07, 6.45) is 0. The third-order valence-electron chi connectivity index (χ3n) is 4.99. The fraction of sp³-hybridized carbons (Fsp3) is 0.364. The molecule has 1 fully saturated rings. The van der Waals surface area contributed by atoms with E-state index >= 15 is 0 Å². The quantitative estimate of drug-likeness (QED) is 0.818. The molecule has 0 radical (unpaired) electrons. The van der Waals surface area contributed by atoms with Crippen molar-refractivity contribution in [1.82, 2.24) is 4.90 Å². The maximum Gasteiger partial charge on any atom is 0.340 e. The van der Waals surface area contributed by atoms with Crippen molar-refractivity contribution in [3.05, 3.63) is 59.2 Å². The summed E-state index contributed by atoms with van der Waals surface area (Å²) in [4.78, 5) is 28.9. The van der Waals surface area contributed by atoms with Gasteiger partial charge in [-0.1, -0.05) is 30.3 Å². The Kier molecular flexibility index (Phi) is 6.19. The molecule has 1 heterocycles. The Labute approximate surface area is 166 Å². The van der Waals surface area contributed by atoms with Crippen molar-refractivity contribution in [2.24, 2.45) is 0 Å². The lowest BCUT2D eigenvalue weighted by atomic mass is 10.1. The van der Waals surface area contributed by atoms with Crippen LogP contribution < -0.4 is 10.2 Å². The van der Waals surface area contributed by atoms with Crippen molar-refractivity contribution in [3.63, 3.8) is 0 Å². The number of aryl methyl sites for hydroxylation is 2. The first-order valence-electron chi connectivity index (χ1n) is 9.64. The van der Waals surface area contributed by atoms with Crippen LogP contribution in [0, 0.1) is 13.8 Å². The number of ether oxygens (including phenoxy) is 1. The zero-order chi connectivity index (χ0) is 20.1. The molecule has 2 amide bonds. The fourth-order valence-electron chi connectivity index (χ4n) is 3.61. The van der Waals surface area contributed by atoms with Crippen LogP contribution in [0.1, 0.15) is 28.4 Å². The van der Waals surface area contributed by atoms with Crippen LogP contribution in [-0.4, -0.2) is 49.7 Å². The van der Waals surface area contributed by atoms with Crippen molar-refractivity contribution in [2.45, 2.75) is 20.8 Å². The van der Waals surface area contributed by atoms with Crippen LogP contribution in [0.3, 0.4) is 0 Å². The summed E-state index contributed by atoms with van der Waals surface area (Å²) in [6, 6.07) is 13.0. The number of hydrogen-bond acceptors (Lipinski definition) is 4. The van der Waals surface area contributed by atoms with Crippen molar-refractivity contribution in [1.29, 1.82) is 0 Å². The van der Waals surface area contributed by atoms with Gasteiger partial charge in [0.05, 0.1) is 17.9 Å². The molecule has 0 saturated carbocycles. The molecular weight excluding hydrogens is 354 g/mol. The maximum absolute atomic E-state index is 12.7. The number of rotatable bonds is 4. The molecule has 6 nitrogen and oxygen atoms in total. The van der Waals surface area contributed by atoms with E-state index in [-0.39, 0.29) is 6.03 Å². The normalized spacial score (nSPS) is 14.0. The van der Waals surface area contributed by atoms with E-state index in [0.29, 0.717) is 30.9 Å². The van der Waals surface area contributed by atoms with E-state index in [9.17, 15) is 9.59 Å². The van der Waals surface area contributed by atoms with Gasteiger partial charge >= 0.3 is 12.0 Å². The molecule has 0 bridgehead atoms. The summed E-state index contributed by atoms with van der Waals surface area (Å²) in [5.74, 6) is -0.432. The first kappa shape index (κ1) is 19.7. The minimum absolute atomic E-state index is 0.196. The minimum atomic E-state index is -0.432. The number of hydrogen-bond donors (Lipinski definition) is 1. The van der Waals surface area contributed by atoms with E-state index in [2.05, 4.69) is 42.3 Å². The standard InChI is InChI=1S/C22H27N3O3/c1-4-28-21(26)18-10-5-6-11-19(18)23-22(27)25-14-12-24(13-15-25)20-16(2)8-7-9-17(20)3/h5-11H,4,12-15H2,1-3H3,(H,23,27). The predicted octanol–water partition coefficient (Wildman–Crippen LogP) is 3.83. The monoisotopic (exact) mass is 381 g/mol. The van der Waals surface area contributed by atoms with Crippen molar-refractivity contribution in [3.8, 4) is 0 Å². The van der Waals surface area contributed by atoms with Crippen LogP contribution in [0.5, 0.6) is 0 Å². The van der Waals surface area contributed by atoms with Gasteiger partial charge < -0.3 is 19.9 Å². The van der Waals surface area contributed by atoms with Crippen LogP contribution in [0.2, 0.25) is 0 Å². The number of urea groups is 1. The molecule has 1 N–H and O–H groups in total. The molecule has 3 rings (SSSR count). The molecule has 1 saturated heterocycles. The Hall–Kier alpha value is -3.02. The van der Waals surface area contributed by atoms with Gasteiger partial charge in [-0.05, 0) is 44.0 Å². The first-order chi connectivity index (χ1) is 13.5. The highest BCUT2D eigenvalue weighted by Gasteiger charge is 2.24. The van der Waals surface area contributed by atoms with Gasteiger partial charge in [0.1, 0.15) is 0 Å². The average molecular weight is 381 g/mol. The van der Waals surface area contributed by atoms with Crippen LogP contribution in [0.25, 0.3) is 0 Å². The van der Waals surface area contributed by atoms with Gasteiger partial charge in [0.25, 0.3) is 0 Å². The number of piperazine rings is 1. The van der Waals surface area contributed by atoms with Gasteiger partial charge in [-0.25, -0.2) is 9.59 Å². The zero-order valence-electron chi connectivity index (χ0n) is 16.7. The molecule has 1 aliphatic heterocycles. The molecule has 0 aromatic heterocycles. The van der Waals surface area contributed by atoms with Gasteiger partial charge in [0.15, 0.2) is 0 Å². The second-order valence-electron chi connectivity index (χ2n) is 6.91. The first-order valence-corrected chi connectivity index (χ1v) is 9.64. The highest BCUT2D eigenvalue weighted by Crippen LogP contribution is 2.26. The molecule has 0 spiro atoms. The molecule has 2 aromatic carbocycles. The lowest BCUT2D eigenvalue weighted by Crippen LogP contribution is -2.50.